The summed E-state index contributed by atoms with van der Waals surface area (Å²) in [5.41, 5.74) is 0. The van der Waals surface area contributed by atoms with Crippen LogP contribution in [0.5, 0.6) is 0 Å². The Morgan fingerprint density at radius 2 is 2.11 bits per heavy atom. The first-order valence-corrected chi connectivity index (χ1v) is 2.92. The van der Waals surface area contributed by atoms with Gasteiger partial charge in [-0.05, 0) is 25.3 Å². The van der Waals surface area contributed by atoms with E-state index < -0.39 is 0 Å². The molecule has 0 radical (unpaired) electrons. The molecule has 0 amide bonds. The first kappa shape index (κ1) is 7.95. The molecule has 0 heterocycles. The fraction of sp³-hybridized carbons (Fsp3) is 0.286. The number of rotatable bonds is 4. The Balaban J connectivity index is 3.23. The summed E-state index contributed by atoms with van der Waals surface area (Å²) in [4.78, 5) is 9.70. The van der Waals surface area contributed by atoms with Crippen LogP contribution in [0.25, 0.3) is 0 Å². The maximum absolute atomic E-state index is 9.70. The van der Waals surface area contributed by atoms with Gasteiger partial charge in [-0.15, -0.1) is 0 Å². The highest BCUT2D eigenvalue weighted by molar-refractivity contribution is 5.65. The molecule has 50 valence electrons. The SMILES string of the molecule is CCN/C=C\C=C/C=O. The molecule has 2 nitrogen and oxygen atoms in total. The highest BCUT2D eigenvalue weighted by atomic mass is 16.1. The van der Waals surface area contributed by atoms with Gasteiger partial charge in [0.15, 0.2) is 0 Å². The zero-order valence-corrected chi connectivity index (χ0v) is 5.50. The molecule has 0 aromatic carbocycles. The lowest BCUT2D eigenvalue weighted by Gasteiger charge is -1.86. The van der Waals surface area contributed by atoms with Crippen molar-refractivity contribution < 1.29 is 4.79 Å². The van der Waals surface area contributed by atoms with Crippen LogP contribution in [0.4, 0.5) is 0 Å². The van der Waals surface area contributed by atoms with E-state index in [1.54, 1.807) is 18.4 Å². The lowest BCUT2D eigenvalue weighted by atomic mass is 10.5. The number of nitrogens with one attached hydrogen (secondary N) is 1. The summed E-state index contributed by atoms with van der Waals surface area (Å²) >= 11 is 0. The van der Waals surface area contributed by atoms with Crippen LogP contribution in [0.15, 0.2) is 24.4 Å². The molecule has 2 heteroatoms. The molecule has 0 fully saturated rings. The van der Waals surface area contributed by atoms with E-state index >= 15 is 0 Å². The molecular weight excluding hydrogens is 114 g/mol. The normalized spacial score (nSPS) is 10.8. The molecule has 9 heavy (non-hydrogen) atoms. The van der Waals surface area contributed by atoms with E-state index in [1.807, 2.05) is 6.92 Å². The van der Waals surface area contributed by atoms with Gasteiger partial charge in [0.05, 0.1) is 0 Å². The Labute approximate surface area is 55.3 Å². The first-order chi connectivity index (χ1) is 4.41. The van der Waals surface area contributed by atoms with Gasteiger partial charge in [-0.3, -0.25) is 4.79 Å². The second-order valence-electron chi connectivity index (χ2n) is 1.44. The van der Waals surface area contributed by atoms with Crippen molar-refractivity contribution in [2.75, 3.05) is 6.54 Å². The molecule has 1 N–H and O–H groups in total. The van der Waals surface area contributed by atoms with E-state index in [4.69, 9.17) is 0 Å². The van der Waals surface area contributed by atoms with Crippen molar-refractivity contribution in [1.82, 2.24) is 5.32 Å². The lowest BCUT2D eigenvalue weighted by molar-refractivity contribution is -0.104. The van der Waals surface area contributed by atoms with Gasteiger partial charge in [0.1, 0.15) is 6.29 Å². The average Bonchev–Trinajstić information content (AvgIpc) is 1.89. The summed E-state index contributed by atoms with van der Waals surface area (Å²) in [6.45, 7) is 2.92. The van der Waals surface area contributed by atoms with Crippen molar-refractivity contribution >= 4 is 6.29 Å². The van der Waals surface area contributed by atoms with Crippen molar-refractivity contribution in [3.63, 3.8) is 0 Å². The zero-order chi connectivity index (χ0) is 6.95. The number of carbonyl (C=O) groups excluding carboxylic acids is 1. The van der Waals surface area contributed by atoms with Crippen molar-refractivity contribution in [2.45, 2.75) is 6.92 Å². The van der Waals surface area contributed by atoms with Gasteiger partial charge in [0.2, 0.25) is 0 Å². The zero-order valence-electron chi connectivity index (χ0n) is 5.50. The molecule has 0 aliphatic heterocycles. The van der Waals surface area contributed by atoms with Gasteiger partial charge in [0.25, 0.3) is 0 Å². The number of hydrogen-bond acceptors (Lipinski definition) is 2. The Morgan fingerprint density at radius 1 is 1.33 bits per heavy atom. The quantitative estimate of drug-likeness (QED) is 0.343. The van der Waals surface area contributed by atoms with Gasteiger partial charge in [-0.25, -0.2) is 0 Å². The molecule has 0 aromatic heterocycles. The van der Waals surface area contributed by atoms with Gasteiger partial charge in [-0.1, -0.05) is 6.08 Å². The minimum Gasteiger partial charge on any atom is -0.391 e. The van der Waals surface area contributed by atoms with E-state index in [2.05, 4.69) is 5.32 Å². The van der Waals surface area contributed by atoms with Crippen LogP contribution in [0.3, 0.4) is 0 Å². The maximum Gasteiger partial charge on any atom is 0.142 e. The third kappa shape index (κ3) is 6.95. The Morgan fingerprint density at radius 3 is 2.67 bits per heavy atom. The van der Waals surface area contributed by atoms with Crippen LogP contribution in [0, 0.1) is 0 Å². The van der Waals surface area contributed by atoms with Gasteiger partial charge >= 0.3 is 0 Å². The Hall–Kier alpha value is -1.05. The van der Waals surface area contributed by atoms with Crippen LogP contribution < -0.4 is 5.32 Å². The van der Waals surface area contributed by atoms with Crippen LogP contribution in [-0.2, 0) is 4.79 Å². The van der Waals surface area contributed by atoms with Crippen molar-refractivity contribution in [2.24, 2.45) is 0 Å². The van der Waals surface area contributed by atoms with Crippen LogP contribution in [0.1, 0.15) is 6.92 Å². The second kappa shape index (κ2) is 6.95. The predicted octanol–water partition coefficient (Wildman–Crippen LogP) is 0.865. The minimum atomic E-state index is 0.746. The summed E-state index contributed by atoms with van der Waals surface area (Å²) in [5, 5.41) is 2.96. The van der Waals surface area contributed by atoms with Crippen molar-refractivity contribution in [3.05, 3.63) is 24.4 Å². The van der Waals surface area contributed by atoms with Crippen LogP contribution >= 0.6 is 0 Å². The number of aldehydes is 1. The van der Waals surface area contributed by atoms with Gasteiger partial charge < -0.3 is 5.32 Å². The van der Waals surface area contributed by atoms with Gasteiger partial charge in [0, 0.05) is 6.54 Å². The molecule has 0 spiro atoms. The van der Waals surface area contributed by atoms with E-state index in [0.717, 1.165) is 12.8 Å². The number of allylic oxidation sites excluding steroid dienone is 3. The summed E-state index contributed by atoms with van der Waals surface area (Å²) in [6, 6.07) is 0. The standard InChI is InChI=1S/C7H11NO/c1-2-8-6-4-3-5-7-9/h3-8H,2H2,1H3/b5-3-,6-4-. The molecule has 0 saturated carbocycles. The second-order valence-corrected chi connectivity index (χ2v) is 1.44. The molecule has 0 bridgehead atoms. The largest absolute Gasteiger partial charge is 0.391 e. The van der Waals surface area contributed by atoms with Gasteiger partial charge in [-0.2, -0.15) is 0 Å². The molecule has 0 aromatic rings. The lowest BCUT2D eigenvalue weighted by Crippen LogP contribution is -2.00. The topological polar surface area (TPSA) is 29.1 Å². The van der Waals surface area contributed by atoms with Crippen molar-refractivity contribution in [3.8, 4) is 0 Å². The van der Waals surface area contributed by atoms with E-state index in [9.17, 15) is 4.79 Å². The maximum atomic E-state index is 9.70. The fourth-order valence-corrected chi connectivity index (χ4v) is 0.351. The first-order valence-electron chi connectivity index (χ1n) is 2.92. The minimum absolute atomic E-state index is 0.746. The highest BCUT2D eigenvalue weighted by Gasteiger charge is 1.63. The molecule has 0 aliphatic carbocycles. The number of carbonyl (C=O) groups is 1. The van der Waals surface area contributed by atoms with E-state index in [-0.39, 0.29) is 0 Å². The molecular formula is C7H11NO. The van der Waals surface area contributed by atoms with E-state index in [1.165, 1.54) is 6.08 Å². The summed E-state index contributed by atoms with van der Waals surface area (Å²) in [6.07, 6.45) is 7.43. The molecule has 0 aliphatic rings. The monoisotopic (exact) mass is 125 g/mol. The summed E-state index contributed by atoms with van der Waals surface area (Å²) in [5.74, 6) is 0. The number of hydrogen-bond donors (Lipinski definition) is 1. The molecule has 0 atom stereocenters. The Kier molecular flexibility index (Phi) is 6.14. The average molecular weight is 125 g/mol. The third-order valence-electron chi connectivity index (χ3n) is 0.719. The predicted molar refractivity (Wildman–Crippen MR) is 38.0 cm³/mol. The summed E-state index contributed by atoms with van der Waals surface area (Å²) in [7, 11) is 0. The van der Waals surface area contributed by atoms with Crippen LogP contribution in [-0.4, -0.2) is 12.8 Å². The molecule has 0 rings (SSSR count). The smallest absolute Gasteiger partial charge is 0.142 e. The fourth-order valence-electron chi connectivity index (χ4n) is 0.351. The molecule has 0 unspecified atom stereocenters. The third-order valence-corrected chi connectivity index (χ3v) is 0.719. The van der Waals surface area contributed by atoms with E-state index in [0.29, 0.717) is 0 Å². The Bertz CT molecular complexity index is 116. The van der Waals surface area contributed by atoms with Crippen LogP contribution in [0.2, 0.25) is 0 Å². The molecule has 0 saturated heterocycles. The highest BCUT2D eigenvalue weighted by Crippen LogP contribution is 1.70. The summed E-state index contributed by atoms with van der Waals surface area (Å²) < 4.78 is 0. The van der Waals surface area contributed by atoms with Crippen molar-refractivity contribution in [1.29, 1.82) is 0 Å².